The van der Waals surface area contributed by atoms with Crippen molar-refractivity contribution < 1.29 is 23.9 Å². The molecule has 0 saturated carbocycles. The lowest BCUT2D eigenvalue weighted by Crippen LogP contribution is -2.43. The highest BCUT2D eigenvalue weighted by Gasteiger charge is 2.25. The molecule has 0 fully saturated rings. The largest absolute Gasteiger partial charge is 0.462 e. The second-order valence-electron chi connectivity index (χ2n) is 8.07. The first-order valence-electron chi connectivity index (χ1n) is 10.4. The van der Waals surface area contributed by atoms with E-state index < -0.39 is 18.1 Å². The van der Waals surface area contributed by atoms with Crippen LogP contribution in [-0.2, 0) is 30.5 Å². The molecule has 1 aromatic rings. The van der Waals surface area contributed by atoms with Crippen LogP contribution in [0.3, 0.4) is 0 Å². The summed E-state index contributed by atoms with van der Waals surface area (Å²) in [6, 6.07) is 8.66. The maximum Gasteiger partial charge on any atom is 0.328 e. The van der Waals surface area contributed by atoms with E-state index in [0.29, 0.717) is 12.8 Å². The maximum absolute atomic E-state index is 12.5. The van der Waals surface area contributed by atoms with Crippen molar-refractivity contribution in [2.45, 2.75) is 79.1 Å². The molecule has 29 heavy (non-hydrogen) atoms. The van der Waals surface area contributed by atoms with E-state index in [0.717, 1.165) is 12.0 Å². The first-order valence-corrected chi connectivity index (χ1v) is 10.4. The number of hydrogen-bond donors (Lipinski definition) is 1. The minimum atomic E-state index is -0.728. The van der Waals surface area contributed by atoms with Gasteiger partial charge in [-0.3, -0.25) is 9.59 Å². The van der Waals surface area contributed by atoms with Crippen molar-refractivity contribution in [1.29, 1.82) is 0 Å². The van der Waals surface area contributed by atoms with E-state index in [4.69, 9.17) is 9.47 Å². The van der Waals surface area contributed by atoms with Crippen LogP contribution in [0.5, 0.6) is 0 Å². The summed E-state index contributed by atoms with van der Waals surface area (Å²) in [6.45, 7) is 9.79. The fraction of sp³-hybridized carbons (Fsp3) is 0.609. The summed E-state index contributed by atoms with van der Waals surface area (Å²) in [7, 11) is 0. The maximum atomic E-state index is 12.5. The Hall–Kier alpha value is -2.37. The van der Waals surface area contributed by atoms with Crippen LogP contribution in [0.2, 0.25) is 0 Å². The molecule has 0 spiro atoms. The van der Waals surface area contributed by atoms with Gasteiger partial charge in [-0.25, -0.2) is 4.79 Å². The smallest absolute Gasteiger partial charge is 0.328 e. The molecule has 1 rings (SSSR count). The van der Waals surface area contributed by atoms with Gasteiger partial charge in [0.05, 0.1) is 6.42 Å². The van der Waals surface area contributed by atoms with E-state index in [-0.39, 0.29) is 36.7 Å². The minimum absolute atomic E-state index is 0.00675. The van der Waals surface area contributed by atoms with Gasteiger partial charge in [0.1, 0.15) is 18.8 Å². The van der Waals surface area contributed by atoms with Crippen LogP contribution in [0.25, 0.3) is 0 Å². The van der Waals surface area contributed by atoms with Crippen LogP contribution in [-0.4, -0.2) is 30.0 Å². The lowest BCUT2D eigenvalue weighted by Gasteiger charge is -2.21. The zero-order valence-electron chi connectivity index (χ0n) is 18.3. The van der Waals surface area contributed by atoms with Crippen molar-refractivity contribution in [3.63, 3.8) is 0 Å². The number of carbonyl (C=O) groups is 3. The lowest BCUT2D eigenvalue weighted by molar-refractivity contribution is -0.153. The molecule has 0 heterocycles. The first-order chi connectivity index (χ1) is 13.7. The number of ether oxygens (including phenoxy) is 2. The summed E-state index contributed by atoms with van der Waals surface area (Å²) in [4.78, 5) is 36.7. The van der Waals surface area contributed by atoms with Gasteiger partial charge in [0.2, 0.25) is 5.91 Å². The molecule has 1 amide bonds. The van der Waals surface area contributed by atoms with E-state index in [2.05, 4.69) is 5.32 Å². The molecule has 0 saturated heterocycles. The molecule has 1 aromatic carbocycles. The zero-order valence-corrected chi connectivity index (χ0v) is 18.3. The summed E-state index contributed by atoms with van der Waals surface area (Å²) in [5, 5.41) is 2.74. The average Bonchev–Trinajstić information content (AvgIpc) is 2.65. The van der Waals surface area contributed by atoms with Gasteiger partial charge in [-0.15, -0.1) is 0 Å². The Labute approximate surface area is 174 Å². The van der Waals surface area contributed by atoms with E-state index in [9.17, 15) is 14.4 Å². The summed E-state index contributed by atoms with van der Waals surface area (Å²) in [5.41, 5.74) is 0.886. The Balaban J connectivity index is 2.54. The van der Waals surface area contributed by atoms with Crippen molar-refractivity contribution in [2.75, 3.05) is 0 Å². The molecule has 0 aromatic heterocycles. The molecular weight excluding hydrogens is 370 g/mol. The summed E-state index contributed by atoms with van der Waals surface area (Å²) in [5.74, 6) is -0.650. The van der Waals surface area contributed by atoms with Gasteiger partial charge in [0, 0.05) is 6.42 Å². The van der Waals surface area contributed by atoms with Gasteiger partial charge >= 0.3 is 11.9 Å². The molecule has 162 valence electrons. The van der Waals surface area contributed by atoms with E-state index in [1.54, 1.807) is 6.92 Å². The van der Waals surface area contributed by atoms with Crippen LogP contribution in [0.1, 0.15) is 65.9 Å². The topological polar surface area (TPSA) is 81.7 Å². The SMILES string of the molecule is CCC(C)CC(=O)OC(C)CC(=O)NC(CC(C)C)C(=O)OCc1ccccc1. The highest BCUT2D eigenvalue weighted by molar-refractivity contribution is 5.84. The van der Waals surface area contributed by atoms with Crippen molar-refractivity contribution in [3.8, 4) is 0 Å². The van der Waals surface area contributed by atoms with E-state index >= 15 is 0 Å². The second kappa shape index (κ2) is 13.0. The van der Waals surface area contributed by atoms with Crippen LogP contribution in [0.4, 0.5) is 0 Å². The monoisotopic (exact) mass is 405 g/mol. The Bertz CT molecular complexity index is 644. The Morgan fingerprint density at radius 2 is 1.66 bits per heavy atom. The molecule has 0 aliphatic carbocycles. The summed E-state index contributed by atoms with van der Waals surface area (Å²) < 4.78 is 10.7. The Morgan fingerprint density at radius 3 is 2.24 bits per heavy atom. The van der Waals surface area contributed by atoms with E-state index in [1.807, 2.05) is 58.0 Å². The molecule has 0 aliphatic rings. The number of hydrogen-bond acceptors (Lipinski definition) is 5. The quantitative estimate of drug-likeness (QED) is 0.531. The van der Waals surface area contributed by atoms with Gasteiger partial charge in [-0.05, 0) is 30.7 Å². The predicted molar refractivity (Wildman–Crippen MR) is 112 cm³/mol. The number of benzene rings is 1. The average molecular weight is 406 g/mol. The summed E-state index contributed by atoms with van der Waals surface area (Å²) in [6.07, 6.45) is 1.16. The molecule has 1 N–H and O–H groups in total. The number of amides is 1. The highest BCUT2D eigenvalue weighted by Crippen LogP contribution is 2.11. The Kier molecular flexibility index (Phi) is 11.0. The fourth-order valence-electron chi connectivity index (χ4n) is 2.77. The van der Waals surface area contributed by atoms with Crippen molar-refractivity contribution in [1.82, 2.24) is 5.32 Å². The minimum Gasteiger partial charge on any atom is -0.462 e. The standard InChI is InChI=1S/C23H35NO5/c1-6-17(4)13-22(26)29-18(5)14-21(25)24-20(12-16(2)3)23(27)28-15-19-10-8-7-9-11-19/h7-11,16-18,20H,6,12-15H2,1-5H3,(H,24,25). The van der Waals surface area contributed by atoms with E-state index in [1.165, 1.54) is 0 Å². The van der Waals surface area contributed by atoms with Crippen LogP contribution >= 0.6 is 0 Å². The molecule has 6 heteroatoms. The van der Waals surface area contributed by atoms with Gasteiger partial charge in [-0.2, -0.15) is 0 Å². The first kappa shape index (κ1) is 24.7. The second-order valence-corrected chi connectivity index (χ2v) is 8.07. The zero-order chi connectivity index (χ0) is 21.8. The van der Waals surface area contributed by atoms with Crippen LogP contribution in [0, 0.1) is 11.8 Å². The number of nitrogens with one attached hydrogen (secondary N) is 1. The molecule has 0 bridgehead atoms. The van der Waals surface area contributed by atoms with Crippen molar-refractivity contribution in [2.24, 2.45) is 11.8 Å². The van der Waals surface area contributed by atoms with Gasteiger partial charge in [-0.1, -0.05) is 64.4 Å². The van der Waals surface area contributed by atoms with Gasteiger partial charge in [0.15, 0.2) is 0 Å². The third kappa shape index (κ3) is 10.7. The number of carbonyl (C=O) groups excluding carboxylic acids is 3. The van der Waals surface area contributed by atoms with Crippen molar-refractivity contribution >= 4 is 17.8 Å². The van der Waals surface area contributed by atoms with Gasteiger partial charge < -0.3 is 14.8 Å². The molecular formula is C23H35NO5. The molecule has 0 aliphatic heterocycles. The summed E-state index contributed by atoms with van der Waals surface area (Å²) >= 11 is 0. The molecule has 3 atom stereocenters. The lowest BCUT2D eigenvalue weighted by atomic mass is 10.0. The Morgan fingerprint density at radius 1 is 1.00 bits per heavy atom. The molecule has 3 unspecified atom stereocenters. The third-order valence-electron chi connectivity index (χ3n) is 4.57. The van der Waals surface area contributed by atoms with Gasteiger partial charge in [0.25, 0.3) is 0 Å². The number of esters is 2. The molecule has 6 nitrogen and oxygen atoms in total. The normalized spacial score (nSPS) is 14.0. The van der Waals surface area contributed by atoms with Crippen molar-refractivity contribution in [3.05, 3.63) is 35.9 Å². The molecule has 0 radical (unpaired) electrons. The van der Waals surface area contributed by atoms with Crippen LogP contribution < -0.4 is 5.32 Å². The number of rotatable bonds is 12. The fourth-order valence-corrected chi connectivity index (χ4v) is 2.77. The highest BCUT2D eigenvalue weighted by atomic mass is 16.5. The third-order valence-corrected chi connectivity index (χ3v) is 4.57. The van der Waals surface area contributed by atoms with Crippen LogP contribution in [0.15, 0.2) is 30.3 Å². The predicted octanol–water partition coefficient (Wildman–Crippen LogP) is 4.02.